The molecule has 0 atom stereocenters. The maximum Gasteiger partial charge on any atom is 0.249 e. The van der Waals surface area contributed by atoms with Crippen LogP contribution in [0.5, 0.6) is 11.5 Å². The van der Waals surface area contributed by atoms with E-state index in [2.05, 4.69) is 51.8 Å². The smallest absolute Gasteiger partial charge is 0.249 e. The average molecular weight is 363 g/mol. The molecule has 1 aromatic heterocycles. The van der Waals surface area contributed by atoms with Crippen LogP contribution in [0.2, 0.25) is 0 Å². The zero-order valence-corrected chi connectivity index (χ0v) is 15.3. The fourth-order valence-corrected chi connectivity index (χ4v) is 2.77. The second-order valence-corrected chi connectivity index (χ2v) is 6.61. The molecular formula is C20H21N5O2. The van der Waals surface area contributed by atoms with Crippen molar-refractivity contribution >= 4 is 17.5 Å². The van der Waals surface area contributed by atoms with Gasteiger partial charge in [0.25, 0.3) is 0 Å². The van der Waals surface area contributed by atoms with Gasteiger partial charge in [0.1, 0.15) is 0 Å². The minimum absolute atomic E-state index is 0.273. The average Bonchev–Trinajstić information content (AvgIpc) is 3.15. The van der Waals surface area contributed by atoms with Crippen molar-refractivity contribution in [2.24, 2.45) is 0 Å². The Morgan fingerprint density at radius 2 is 1.85 bits per heavy atom. The van der Waals surface area contributed by atoms with Crippen LogP contribution in [0.25, 0.3) is 0 Å². The van der Waals surface area contributed by atoms with Crippen LogP contribution in [-0.2, 0) is 6.54 Å². The number of hydrogen-bond donors (Lipinski definition) is 2. The van der Waals surface area contributed by atoms with E-state index in [4.69, 9.17) is 9.47 Å². The van der Waals surface area contributed by atoms with E-state index in [1.54, 1.807) is 6.20 Å². The molecule has 0 fully saturated rings. The summed E-state index contributed by atoms with van der Waals surface area (Å²) < 4.78 is 10.7. The van der Waals surface area contributed by atoms with Crippen molar-refractivity contribution in [2.75, 3.05) is 17.4 Å². The summed E-state index contributed by atoms with van der Waals surface area (Å²) >= 11 is 0. The van der Waals surface area contributed by atoms with Gasteiger partial charge in [0.05, 0.1) is 6.20 Å². The molecule has 0 amide bonds. The lowest BCUT2D eigenvalue weighted by Gasteiger charge is -2.09. The molecule has 138 valence electrons. The van der Waals surface area contributed by atoms with Crippen LogP contribution in [-0.4, -0.2) is 22.0 Å². The third-order valence-electron chi connectivity index (χ3n) is 4.30. The Hall–Kier alpha value is -3.35. The van der Waals surface area contributed by atoms with Crippen molar-refractivity contribution in [1.29, 1.82) is 0 Å². The Labute approximate surface area is 157 Å². The Bertz CT molecular complexity index is 928. The van der Waals surface area contributed by atoms with Crippen molar-refractivity contribution in [1.82, 2.24) is 15.2 Å². The minimum atomic E-state index is 0.273. The molecule has 7 nitrogen and oxygen atoms in total. The van der Waals surface area contributed by atoms with Gasteiger partial charge in [-0.15, -0.1) is 5.10 Å². The van der Waals surface area contributed by atoms with Crippen LogP contribution < -0.4 is 20.1 Å². The van der Waals surface area contributed by atoms with Gasteiger partial charge in [-0.05, 0) is 41.3 Å². The summed E-state index contributed by atoms with van der Waals surface area (Å²) in [6.07, 6.45) is 1.60. The van der Waals surface area contributed by atoms with Crippen LogP contribution >= 0.6 is 0 Å². The number of fused-ring (bicyclic) bond motifs is 1. The van der Waals surface area contributed by atoms with Crippen LogP contribution in [0.4, 0.5) is 17.5 Å². The number of benzene rings is 2. The molecule has 27 heavy (non-hydrogen) atoms. The number of anilines is 3. The molecule has 1 aliphatic rings. The van der Waals surface area contributed by atoms with E-state index in [0.29, 0.717) is 24.2 Å². The van der Waals surface area contributed by atoms with Crippen molar-refractivity contribution in [3.8, 4) is 11.5 Å². The SMILES string of the molecule is CC(C)c1ccc(Nc2nncc(NCc3ccc4c(c3)OCO4)n2)cc1. The van der Waals surface area contributed by atoms with Crippen molar-refractivity contribution in [3.05, 3.63) is 59.8 Å². The first-order valence-corrected chi connectivity index (χ1v) is 8.86. The normalized spacial score (nSPS) is 12.3. The highest BCUT2D eigenvalue weighted by Crippen LogP contribution is 2.32. The maximum absolute atomic E-state index is 5.40. The van der Waals surface area contributed by atoms with Gasteiger partial charge in [-0.3, -0.25) is 0 Å². The first kappa shape index (κ1) is 17.1. The summed E-state index contributed by atoms with van der Waals surface area (Å²) in [6, 6.07) is 14.1. The maximum atomic E-state index is 5.40. The minimum Gasteiger partial charge on any atom is -0.454 e. The van der Waals surface area contributed by atoms with E-state index in [9.17, 15) is 0 Å². The molecular weight excluding hydrogens is 342 g/mol. The summed E-state index contributed by atoms with van der Waals surface area (Å²) in [5.41, 5.74) is 3.28. The highest BCUT2D eigenvalue weighted by atomic mass is 16.7. The standard InChI is InChI=1S/C20H21N5O2/c1-13(2)15-4-6-16(7-5-15)23-20-24-19(11-22-25-20)21-10-14-3-8-17-18(9-14)27-12-26-17/h3-9,11,13H,10,12H2,1-2H3,(H2,21,23,24,25). The van der Waals surface area contributed by atoms with E-state index >= 15 is 0 Å². The largest absolute Gasteiger partial charge is 0.454 e. The highest BCUT2D eigenvalue weighted by Gasteiger charge is 2.13. The van der Waals surface area contributed by atoms with Gasteiger partial charge in [0.15, 0.2) is 17.3 Å². The van der Waals surface area contributed by atoms with Gasteiger partial charge in [-0.25, -0.2) is 0 Å². The lowest BCUT2D eigenvalue weighted by atomic mass is 10.0. The molecule has 0 bridgehead atoms. The summed E-state index contributed by atoms with van der Waals surface area (Å²) in [5.74, 6) is 3.13. The Morgan fingerprint density at radius 1 is 1.04 bits per heavy atom. The molecule has 0 unspecified atom stereocenters. The summed E-state index contributed by atoms with van der Waals surface area (Å²) in [7, 11) is 0. The van der Waals surface area contributed by atoms with Crippen LogP contribution in [0.3, 0.4) is 0 Å². The van der Waals surface area contributed by atoms with Crippen molar-refractivity contribution in [2.45, 2.75) is 26.3 Å². The number of rotatable bonds is 6. The van der Waals surface area contributed by atoms with Crippen molar-refractivity contribution < 1.29 is 9.47 Å². The van der Waals surface area contributed by atoms with Gasteiger partial charge >= 0.3 is 0 Å². The Kier molecular flexibility index (Phi) is 4.74. The fourth-order valence-electron chi connectivity index (χ4n) is 2.77. The topological polar surface area (TPSA) is 81.2 Å². The van der Waals surface area contributed by atoms with Crippen LogP contribution in [0, 0.1) is 0 Å². The second kappa shape index (κ2) is 7.49. The summed E-state index contributed by atoms with van der Waals surface area (Å²) in [4.78, 5) is 4.46. The zero-order valence-electron chi connectivity index (χ0n) is 15.3. The van der Waals surface area contributed by atoms with E-state index in [-0.39, 0.29) is 6.79 Å². The lowest BCUT2D eigenvalue weighted by molar-refractivity contribution is 0.174. The van der Waals surface area contributed by atoms with E-state index in [1.165, 1.54) is 5.56 Å². The Morgan fingerprint density at radius 3 is 2.67 bits per heavy atom. The molecule has 2 aromatic carbocycles. The molecule has 2 N–H and O–H groups in total. The number of hydrogen-bond acceptors (Lipinski definition) is 7. The molecule has 0 spiro atoms. The monoisotopic (exact) mass is 363 g/mol. The molecule has 0 aliphatic carbocycles. The number of ether oxygens (including phenoxy) is 2. The van der Waals surface area contributed by atoms with E-state index in [0.717, 1.165) is 22.7 Å². The highest BCUT2D eigenvalue weighted by molar-refractivity contribution is 5.55. The van der Waals surface area contributed by atoms with Gasteiger partial charge in [-0.1, -0.05) is 32.0 Å². The third-order valence-corrected chi connectivity index (χ3v) is 4.30. The predicted molar refractivity (Wildman–Crippen MR) is 104 cm³/mol. The van der Waals surface area contributed by atoms with E-state index < -0.39 is 0 Å². The fraction of sp³-hybridized carbons (Fsp3) is 0.250. The molecule has 0 saturated carbocycles. The van der Waals surface area contributed by atoms with Gasteiger partial charge in [0, 0.05) is 12.2 Å². The number of nitrogens with one attached hydrogen (secondary N) is 2. The van der Waals surface area contributed by atoms with Crippen molar-refractivity contribution in [3.63, 3.8) is 0 Å². The second-order valence-electron chi connectivity index (χ2n) is 6.61. The summed E-state index contributed by atoms with van der Waals surface area (Å²) in [6.45, 7) is 5.21. The Balaban J connectivity index is 1.40. The van der Waals surface area contributed by atoms with E-state index in [1.807, 2.05) is 30.3 Å². The van der Waals surface area contributed by atoms with Gasteiger partial charge in [-0.2, -0.15) is 10.1 Å². The third kappa shape index (κ3) is 4.08. The zero-order chi connectivity index (χ0) is 18.6. The number of nitrogens with zero attached hydrogens (tertiary/aromatic N) is 3. The first-order valence-electron chi connectivity index (χ1n) is 8.86. The molecule has 3 aromatic rings. The molecule has 1 aliphatic heterocycles. The summed E-state index contributed by atoms with van der Waals surface area (Å²) in [5, 5.41) is 14.5. The number of aromatic nitrogens is 3. The predicted octanol–water partition coefficient (Wildman–Crippen LogP) is 4.08. The quantitative estimate of drug-likeness (QED) is 0.683. The molecule has 0 saturated heterocycles. The van der Waals surface area contributed by atoms with Gasteiger partial charge < -0.3 is 20.1 Å². The lowest BCUT2D eigenvalue weighted by Crippen LogP contribution is -2.05. The van der Waals surface area contributed by atoms with Crippen LogP contribution in [0.15, 0.2) is 48.7 Å². The molecule has 7 heteroatoms. The van der Waals surface area contributed by atoms with Crippen LogP contribution in [0.1, 0.15) is 30.9 Å². The molecule has 2 heterocycles. The molecule has 0 radical (unpaired) electrons. The first-order chi connectivity index (χ1) is 13.2. The molecule has 4 rings (SSSR count). The van der Waals surface area contributed by atoms with Gasteiger partial charge in [0.2, 0.25) is 12.7 Å².